The molecule has 0 saturated heterocycles. The van der Waals surface area contributed by atoms with E-state index in [0.29, 0.717) is 11.4 Å². The van der Waals surface area contributed by atoms with Crippen LogP contribution in [0.2, 0.25) is 0 Å². The van der Waals surface area contributed by atoms with Gasteiger partial charge in [0.15, 0.2) is 12.3 Å². The number of esters is 1. The number of aromatic nitrogens is 2. The first kappa shape index (κ1) is 21.7. The van der Waals surface area contributed by atoms with Gasteiger partial charge in [-0.25, -0.2) is 14.2 Å². The van der Waals surface area contributed by atoms with Crippen LogP contribution in [-0.4, -0.2) is 34.6 Å². The Morgan fingerprint density at radius 3 is 2.48 bits per heavy atom. The number of hydrogen-bond donors (Lipinski definition) is 0. The number of nitriles is 1. The summed E-state index contributed by atoms with van der Waals surface area (Å²) in [6.07, 6.45) is 2.86. The van der Waals surface area contributed by atoms with Crippen LogP contribution in [0.1, 0.15) is 28.0 Å². The first-order valence-electron chi connectivity index (χ1n) is 9.60. The molecule has 8 heteroatoms. The van der Waals surface area contributed by atoms with E-state index in [-0.39, 0.29) is 18.7 Å². The zero-order valence-corrected chi connectivity index (χ0v) is 17.2. The number of carbonyl (C=O) groups excluding carboxylic acids is 2. The summed E-state index contributed by atoms with van der Waals surface area (Å²) in [7, 11) is 0. The van der Waals surface area contributed by atoms with E-state index < -0.39 is 24.3 Å². The molecule has 0 saturated carbocycles. The molecule has 0 spiro atoms. The normalized spacial score (nSPS) is 10.4. The molecular weight excluding hydrogens is 399 g/mol. The second-order valence-corrected chi connectivity index (χ2v) is 7.00. The van der Waals surface area contributed by atoms with Gasteiger partial charge in [-0.05, 0) is 61.4 Å². The molecule has 31 heavy (non-hydrogen) atoms. The van der Waals surface area contributed by atoms with Crippen molar-refractivity contribution in [3.63, 3.8) is 0 Å². The zero-order chi connectivity index (χ0) is 22.4. The largest absolute Gasteiger partial charge is 0.451 e. The fraction of sp³-hybridized carbons (Fsp3) is 0.217. The van der Waals surface area contributed by atoms with Crippen LogP contribution in [0.25, 0.3) is 5.69 Å². The van der Waals surface area contributed by atoms with Crippen LogP contribution in [0.3, 0.4) is 0 Å². The average Bonchev–Trinajstić information content (AvgIpc) is 3.22. The highest BCUT2D eigenvalue weighted by Gasteiger charge is 2.21. The van der Waals surface area contributed by atoms with E-state index in [1.807, 2.05) is 38.1 Å². The number of halogens is 1. The number of rotatable bonds is 7. The topological polar surface area (TPSA) is 88.2 Å². The van der Waals surface area contributed by atoms with Gasteiger partial charge in [0.1, 0.15) is 5.82 Å². The fourth-order valence-corrected chi connectivity index (χ4v) is 3.20. The number of anilines is 1. The lowest BCUT2D eigenvalue weighted by Gasteiger charge is -2.22. The van der Waals surface area contributed by atoms with Gasteiger partial charge in [-0.15, -0.1) is 0 Å². The number of hydrogen-bond acceptors (Lipinski definition) is 5. The lowest BCUT2D eigenvalue weighted by molar-refractivity contribution is -0.121. The molecule has 0 aliphatic heterocycles. The highest BCUT2D eigenvalue weighted by molar-refractivity contribution is 5.97. The lowest BCUT2D eigenvalue weighted by Crippen LogP contribution is -2.35. The Labute approximate surface area is 179 Å². The first-order valence-corrected chi connectivity index (χ1v) is 9.60. The third kappa shape index (κ3) is 5.34. The summed E-state index contributed by atoms with van der Waals surface area (Å²) in [5.41, 5.74) is 3.23. The summed E-state index contributed by atoms with van der Waals surface area (Å²) >= 11 is 0. The molecule has 7 nitrogen and oxygen atoms in total. The number of carbonyl (C=O) groups is 2. The Kier molecular flexibility index (Phi) is 6.78. The van der Waals surface area contributed by atoms with Crippen molar-refractivity contribution in [2.45, 2.75) is 20.3 Å². The molecule has 0 atom stereocenters. The van der Waals surface area contributed by atoms with Crippen molar-refractivity contribution in [2.24, 2.45) is 0 Å². The maximum Gasteiger partial charge on any atom is 0.357 e. The number of amides is 1. The molecule has 0 aliphatic carbocycles. The predicted octanol–water partition coefficient (Wildman–Crippen LogP) is 3.73. The summed E-state index contributed by atoms with van der Waals surface area (Å²) in [6.45, 7) is 3.52. The minimum Gasteiger partial charge on any atom is -0.451 e. The van der Waals surface area contributed by atoms with Crippen molar-refractivity contribution in [1.82, 2.24) is 9.55 Å². The first-order chi connectivity index (χ1) is 14.9. The summed E-state index contributed by atoms with van der Waals surface area (Å²) in [6, 6.07) is 13.2. The Balaban J connectivity index is 1.74. The smallest absolute Gasteiger partial charge is 0.357 e. The third-order valence-electron chi connectivity index (χ3n) is 4.55. The molecule has 1 amide bonds. The van der Waals surface area contributed by atoms with Crippen LogP contribution < -0.4 is 4.90 Å². The molecule has 0 fully saturated rings. The van der Waals surface area contributed by atoms with Crippen molar-refractivity contribution in [3.8, 4) is 11.8 Å². The minimum absolute atomic E-state index is 0.106. The van der Waals surface area contributed by atoms with Crippen molar-refractivity contribution >= 4 is 17.6 Å². The molecule has 3 rings (SSSR count). The molecule has 158 valence electrons. The Morgan fingerprint density at radius 2 is 1.84 bits per heavy atom. The van der Waals surface area contributed by atoms with Crippen molar-refractivity contribution < 1.29 is 18.7 Å². The number of nitrogens with zero attached hydrogens (tertiary/aromatic N) is 4. The van der Waals surface area contributed by atoms with Gasteiger partial charge >= 0.3 is 5.97 Å². The number of imidazole rings is 1. The average molecular weight is 420 g/mol. The lowest BCUT2D eigenvalue weighted by atomic mass is 10.1. The molecule has 3 aromatic rings. The molecule has 0 aliphatic rings. The van der Waals surface area contributed by atoms with Gasteiger partial charge in [0.25, 0.3) is 5.91 Å². The summed E-state index contributed by atoms with van der Waals surface area (Å²) in [5.74, 6) is -1.58. The quantitative estimate of drug-likeness (QED) is 0.544. The molecule has 1 heterocycles. The van der Waals surface area contributed by atoms with E-state index in [1.54, 1.807) is 0 Å². The molecule has 1 aromatic heterocycles. The highest BCUT2D eigenvalue weighted by atomic mass is 19.1. The van der Waals surface area contributed by atoms with Gasteiger partial charge < -0.3 is 9.64 Å². The monoisotopic (exact) mass is 420 g/mol. The standard InChI is InChI=1S/C23H21FN4O3/c1-16-10-17(2)12-20(11-16)27(9-3-8-25)22(29)14-31-23(30)21-13-26-15-28(21)19-6-4-18(24)5-7-19/h4-7,10-13,15H,3,9,14H2,1-2H3. The second-order valence-electron chi connectivity index (χ2n) is 7.00. The number of aryl methyl sites for hydroxylation is 2. The van der Waals surface area contributed by atoms with Crippen LogP contribution in [-0.2, 0) is 9.53 Å². The van der Waals surface area contributed by atoms with E-state index in [4.69, 9.17) is 10.00 Å². The van der Waals surface area contributed by atoms with Gasteiger partial charge in [-0.2, -0.15) is 5.26 Å². The third-order valence-corrected chi connectivity index (χ3v) is 4.55. The molecule has 0 bridgehead atoms. The zero-order valence-electron chi connectivity index (χ0n) is 17.2. The van der Waals surface area contributed by atoms with Gasteiger partial charge in [0, 0.05) is 17.9 Å². The maximum atomic E-state index is 13.2. The Bertz CT molecular complexity index is 1110. The highest BCUT2D eigenvalue weighted by Crippen LogP contribution is 2.20. The molecular formula is C23H21FN4O3. The van der Waals surface area contributed by atoms with Gasteiger partial charge in [0.2, 0.25) is 0 Å². The van der Waals surface area contributed by atoms with Gasteiger partial charge in [0.05, 0.1) is 25.0 Å². The minimum atomic E-state index is -0.740. The molecule has 0 unspecified atom stereocenters. The fourth-order valence-electron chi connectivity index (χ4n) is 3.20. The summed E-state index contributed by atoms with van der Waals surface area (Å²) in [4.78, 5) is 30.8. The molecule has 2 aromatic carbocycles. The van der Waals surface area contributed by atoms with Crippen molar-refractivity contribution in [3.05, 3.63) is 77.6 Å². The van der Waals surface area contributed by atoms with Crippen LogP contribution in [0, 0.1) is 31.0 Å². The van der Waals surface area contributed by atoms with Crippen LogP contribution in [0.4, 0.5) is 10.1 Å². The second kappa shape index (κ2) is 9.67. The van der Waals surface area contributed by atoms with E-state index in [1.165, 1.54) is 46.3 Å². The Morgan fingerprint density at radius 1 is 1.16 bits per heavy atom. The summed E-state index contributed by atoms with van der Waals surface area (Å²) in [5, 5.41) is 8.95. The number of ether oxygens (including phenoxy) is 1. The summed E-state index contributed by atoms with van der Waals surface area (Å²) < 4.78 is 19.8. The predicted molar refractivity (Wildman–Crippen MR) is 112 cm³/mol. The van der Waals surface area contributed by atoms with Crippen LogP contribution >= 0.6 is 0 Å². The Hall–Kier alpha value is -3.99. The van der Waals surface area contributed by atoms with E-state index in [9.17, 15) is 14.0 Å². The number of benzene rings is 2. The van der Waals surface area contributed by atoms with Crippen molar-refractivity contribution in [1.29, 1.82) is 5.26 Å². The van der Waals surface area contributed by atoms with Crippen LogP contribution in [0.15, 0.2) is 55.0 Å². The van der Waals surface area contributed by atoms with Gasteiger partial charge in [-0.3, -0.25) is 9.36 Å². The molecule has 0 radical (unpaired) electrons. The van der Waals surface area contributed by atoms with E-state index in [0.717, 1.165) is 11.1 Å². The maximum absolute atomic E-state index is 13.2. The van der Waals surface area contributed by atoms with Crippen molar-refractivity contribution in [2.75, 3.05) is 18.1 Å². The SMILES string of the molecule is Cc1cc(C)cc(N(CCC#N)C(=O)COC(=O)c2cncn2-c2ccc(F)cc2)c1. The van der Waals surface area contributed by atoms with E-state index >= 15 is 0 Å². The van der Waals surface area contributed by atoms with Crippen LogP contribution in [0.5, 0.6) is 0 Å². The van der Waals surface area contributed by atoms with E-state index in [2.05, 4.69) is 4.98 Å². The molecule has 0 N–H and O–H groups in total. The van der Waals surface area contributed by atoms with Gasteiger partial charge in [-0.1, -0.05) is 6.07 Å².